The molecule has 0 spiro atoms. The van der Waals surface area contributed by atoms with Crippen LogP contribution in [0.5, 0.6) is 0 Å². The van der Waals surface area contributed by atoms with Gasteiger partial charge < -0.3 is 10.5 Å². The van der Waals surface area contributed by atoms with Crippen LogP contribution >= 0.6 is 0 Å². The predicted molar refractivity (Wildman–Crippen MR) is 44.9 cm³/mol. The maximum absolute atomic E-state index is 8.84. The Hall–Kier alpha value is -1.06. The lowest BCUT2D eigenvalue weighted by Gasteiger charge is -2.06. The van der Waals surface area contributed by atoms with E-state index in [1.165, 1.54) is 0 Å². The molecule has 0 saturated heterocycles. The number of aliphatic hydroxyl groups is 1. The monoisotopic (exact) mass is 152 g/mol. The number of hydrazine groups is 1. The highest BCUT2D eigenvalue weighted by Crippen LogP contribution is 2.15. The lowest BCUT2D eigenvalue weighted by molar-refractivity contribution is 0.282. The Kier molecular flexibility index (Phi) is 2.46. The summed E-state index contributed by atoms with van der Waals surface area (Å²) in [6.07, 6.45) is 0. The van der Waals surface area contributed by atoms with Crippen molar-refractivity contribution in [2.24, 2.45) is 5.84 Å². The summed E-state index contributed by atoms with van der Waals surface area (Å²) in [5.74, 6) is 5.23. The molecule has 11 heavy (non-hydrogen) atoms. The highest BCUT2D eigenvalue weighted by Gasteiger charge is 1.98. The first-order valence-electron chi connectivity index (χ1n) is 3.45. The van der Waals surface area contributed by atoms with Crippen molar-refractivity contribution in [1.82, 2.24) is 0 Å². The minimum Gasteiger partial charge on any atom is -0.392 e. The fourth-order valence-electron chi connectivity index (χ4n) is 0.963. The van der Waals surface area contributed by atoms with Gasteiger partial charge in [0.2, 0.25) is 0 Å². The first-order chi connectivity index (χ1) is 5.27. The molecule has 0 amide bonds. The van der Waals surface area contributed by atoms with Crippen molar-refractivity contribution in [2.45, 2.75) is 13.5 Å². The number of aryl methyl sites for hydroxylation is 1. The molecule has 3 heteroatoms. The number of nitrogen functional groups attached to an aromatic ring is 1. The van der Waals surface area contributed by atoms with Crippen molar-refractivity contribution in [3.05, 3.63) is 29.3 Å². The SMILES string of the molecule is Cc1ccc(CO)c(NN)c1. The van der Waals surface area contributed by atoms with E-state index in [-0.39, 0.29) is 6.61 Å². The minimum atomic E-state index is 0.0137. The summed E-state index contributed by atoms with van der Waals surface area (Å²) in [6.45, 7) is 1.99. The zero-order chi connectivity index (χ0) is 8.27. The Morgan fingerprint density at radius 3 is 2.82 bits per heavy atom. The highest BCUT2D eigenvalue weighted by atomic mass is 16.3. The molecule has 0 fully saturated rings. The van der Waals surface area contributed by atoms with Crippen molar-refractivity contribution in [3.8, 4) is 0 Å². The van der Waals surface area contributed by atoms with Crippen molar-refractivity contribution in [1.29, 1.82) is 0 Å². The van der Waals surface area contributed by atoms with Gasteiger partial charge in [-0.3, -0.25) is 5.84 Å². The number of hydrogen-bond donors (Lipinski definition) is 3. The standard InChI is InChI=1S/C8H12N2O/c1-6-2-3-7(5-11)8(4-6)10-9/h2-4,10-11H,5,9H2,1H3. The van der Waals surface area contributed by atoms with E-state index in [1.807, 2.05) is 25.1 Å². The largest absolute Gasteiger partial charge is 0.392 e. The lowest BCUT2D eigenvalue weighted by Crippen LogP contribution is -2.09. The Morgan fingerprint density at radius 2 is 2.27 bits per heavy atom. The van der Waals surface area contributed by atoms with Gasteiger partial charge in [0.05, 0.1) is 12.3 Å². The summed E-state index contributed by atoms with van der Waals surface area (Å²) < 4.78 is 0. The number of anilines is 1. The molecular weight excluding hydrogens is 140 g/mol. The number of hydrogen-bond acceptors (Lipinski definition) is 3. The molecule has 4 N–H and O–H groups in total. The molecule has 0 heterocycles. The molecule has 1 rings (SSSR count). The molecule has 0 atom stereocenters. The van der Waals surface area contributed by atoms with Gasteiger partial charge in [0.25, 0.3) is 0 Å². The van der Waals surface area contributed by atoms with Crippen LogP contribution in [0.15, 0.2) is 18.2 Å². The summed E-state index contributed by atoms with van der Waals surface area (Å²) in [4.78, 5) is 0. The van der Waals surface area contributed by atoms with Gasteiger partial charge >= 0.3 is 0 Å². The van der Waals surface area contributed by atoms with Gasteiger partial charge in [0.15, 0.2) is 0 Å². The second-order valence-corrected chi connectivity index (χ2v) is 2.46. The molecule has 3 nitrogen and oxygen atoms in total. The molecule has 0 aliphatic rings. The van der Waals surface area contributed by atoms with E-state index in [4.69, 9.17) is 10.9 Å². The van der Waals surface area contributed by atoms with E-state index in [1.54, 1.807) is 0 Å². The maximum atomic E-state index is 8.84. The molecule has 0 bridgehead atoms. The van der Waals surface area contributed by atoms with E-state index in [0.29, 0.717) is 0 Å². The minimum absolute atomic E-state index is 0.0137. The molecule has 0 saturated carbocycles. The molecule has 0 aliphatic heterocycles. The van der Waals surface area contributed by atoms with Crippen molar-refractivity contribution in [3.63, 3.8) is 0 Å². The highest BCUT2D eigenvalue weighted by molar-refractivity contribution is 5.51. The molecule has 1 aromatic carbocycles. The summed E-state index contributed by atoms with van der Waals surface area (Å²) in [6, 6.07) is 5.68. The fourth-order valence-corrected chi connectivity index (χ4v) is 0.963. The van der Waals surface area contributed by atoms with Gasteiger partial charge in [-0.25, -0.2) is 0 Å². The third kappa shape index (κ3) is 1.69. The van der Waals surface area contributed by atoms with Gasteiger partial charge in [-0.05, 0) is 18.6 Å². The smallest absolute Gasteiger partial charge is 0.0702 e. The quantitative estimate of drug-likeness (QED) is 0.433. The van der Waals surface area contributed by atoms with Crippen molar-refractivity contribution in [2.75, 3.05) is 5.43 Å². The lowest BCUT2D eigenvalue weighted by atomic mass is 10.1. The summed E-state index contributed by atoms with van der Waals surface area (Å²) in [5.41, 5.74) is 5.25. The molecule has 0 radical (unpaired) electrons. The molecule has 0 aliphatic carbocycles. The normalized spacial score (nSPS) is 9.73. The topological polar surface area (TPSA) is 58.3 Å². The summed E-state index contributed by atoms with van der Waals surface area (Å²) in [7, 11) is 0. The van der Waals surface area contributed by atoms with E-state index < -0.39 is 0 Å². The molecular formula is C8H12N2O. The average molecular weight is 152 g/mol. The number of rotatable bonds is 2. The molecule has 60 valence electrons. The van der Waals surface area contributed by atoms with Crippen LogP contribution in [0.2, 0.25) is 0 Å². The van der Waals surface area contributed by atoms with Gasteiger partial charge in [-0.15, -0.1) is 0 Å². The number of nitrogens with one attached hydrogen (secondary N) is 1. The zero-order valence-electron chi connectivity index (χ0n) is 6.46. The number of benzene rings is 1. The first-order valence-corrected chi connectivity index (χ1v) is 3.45. The summed E-state index contributed by atoms with van der Waals surface area (Å²) >= 11 is 0. The van der Waals surface area contributed by atoms with Crippen LogP contribution in [-0.2, 0) is 6.61 Å². The number of nitrogens with two attached hydrogens (primary N) is 1. The first kappa shape index (κ1) is 8.04. The Labute approximate surface area is 65.8 Å². The van der Waals surface area contributed by atoms with Crippen molar-refractivity contribution < 1.29 is 5.11 Å². The van der Waals surface area contributed by atoms with E-state index >= 15 is 0 Å². The van der Waals surface area contributed by atoms with E-state index in [9.17, 15) is 0 Å². The van der Waals surface area contributed by atoms with Crippen molar-refractivity contribution >= 4 is 5.69 Å². The molecule has 0 unspecified atom stereocenters. The van der Waals surface area contributed by atoms with Crippen LogP contribution in [0.1, 0.15) is 11.1 Å². The van der Waals surface area contributed by atoms with Crippen LogP contribution < -0.4 is 11.3 Å². The van der Waals surface area contributed by atoms with Crippen LogP contribution in [0.3, 0.4) is 0 Å². The van der Waals surface area contributed by atoms with Gasteiger partial charge in [-0.2, -0.15) is 0 Å². The van der Waals surface area contributed by atoms with Crippen LogP contribution in [0.25, 0.3) is 0 Å². The number of aliphatic hydroxyl groups excluding tert-OH is 1. The maximum Gasteiger partial charge on any atom is 0.0702 e. The van der Waals surface area contributed by atoms with E-state index in [2.05, 4.69) is 5.43 Å². The Bertz CT molecular complexity index is 248. The molecule has 1 aromatic rings. The summed E-state index contributed by atoms with van der Waals surface area (Å²) in [5, 5.41) is 8.84. The second kappa shape index (κ2) is 3.37. The Morgan fingerprint density at radius 1 is 1.55 bits per heavy atom. The van der Waals surface area contributed by atoms with Gasteiger partial charge in [-0.1, -0.05) is 12.1 Å². The third-order valence-corrected chi connectivity index (χ3v) is 1.59. The fraction of sp³-hybridized carbons (Fsp3) is 0.250. The Balaban J connectivity index is 3.06. The van der Waals surface area contributed by atoms with Crippen LogP contribution in [0.4, 0.5) is 5.69 Å². The predicted octanol–water partition coefficient (Wildman–Crippen LogP) is 0.773. The average Bonchev–Trinajstić information content (AvgIpc) is 2.04. The molecule has 0 aromatic heterocycles. The van der Waals surface area contributed by atoms with Crippen LogP contribution in [-0.4, -0.2) is 5.11 Å². The van der Waals surface area contributed by atoms with Gasteiger partial charge in [0.1, 0.15) is 0 Å². The zero-order valence-corrected chi connectivity index (χ0v) is 6.46. The van der Waals surface area contributed by atoms with Crippen LogP contribution in [0, 0.1) is 6.92 Å². The second-order valence-electron chi connectivity index (χ2n) is 2.46. The van der Waals surface area contributed by atoms with Gasteiger partial charge in [0, 0.05) is 5.56 Å². The van der Waals surface area contributed by atoms with E-state index in [0.717, 1.165) is 16.8 Å². The third-order valence-electron chi connectivity index (χ3n) is 1.59.